The largest absolute Gasteiger partial charge is 1.00 e. The van der Waals surface area contributed by atoms with Crippen LogP contribution in [0.3, 0.4) is 0 Å². The fourth-order valence-electron chi connectivity index (χ4n) is 3.46. The fraction of sp³-hybridized carbons (Fsp3) is 0. The Kier molecular flexibility index (Phi) is 6.98. The molecule has 0 heterocycles. The van der Waals surface area contributed by atoms with Crippen LogP contribution >= 0.6 is 7.26 Å². The van der Waals surface area contributed by atoms with Crippen LogP contribution in [0.25, 0.3) is 6.08 Å². The van der Waals surface area contributed by atoms with Crippen LogP contribution in [0.5, 0.6) is 0 Å². The molecule has 4 aromatic carbocycles. The Hall–Kier alpha value is -2.47. The van der Waals surface area contributed by atoms with Gasteiger partial charge in [0.2, 0.25) is 0 Å². The zero-order valence-electron chi connectivity index (χ0n) is 15.5. The lowest BCUT2D eigenvalue weighted by molar-refractivity contribution is -0.00000511. The Morgan fingerprint density at radius 2 is 0.750 bits per heavy atom. The van der Waals surface area contributed by atoms with E-state index in [1.165, 1.54) is 21.5 Å². The van der Waals surface area contributed by atoms with E-state index in [9.17, 15) is 0 Å². The van der Waals surface area contributed by atoms with E-state index in [4.69, 9.17) is 0 Å². The first kappa shape index (κ1) is 20.3. The van der Waals surface area contributed by atoms with Crippen molar-refractivity contribution in [2.75, 3.05) is 0 Å². The Labute approximate surface area is 178 Å². The fourth-order valence-corrected chi connectivity index (χ4v) is 7.19. The summed E-state index contributed by atoms with van der Waals surface area (Å²) in [6.45, 7) is 0. The molecule has 138 valence electrons. The van der Waals surface area contributed by atoms with Crippen LogP contribution in [-0.2, 0) is 0 Å². The van der Waals surface area contributed by atoms with Gasteiger partial charge in [-0.25, -0.2) is 0 Å². The van der Waals surface area contributed by atoms with Crippen LogP contribution in [0, 0.1) is 0 Å². The van der Waals surface area contributed by atoms with Crippen molar-refractivity contribution in [1.82, 2.24) is 0 Å². The van der Waals surface area contributed by atoms with Crippen molar-refractivity contribution >= 4 is 29.3 Å². The minimum Gasteiger partial charge on any atom is -1.00 e. The average Bonchev–Trinajstić information content (AvgIpc) is 2.77. The lowest BCUT2D eigenvalue weighted by atomic mass is 10.2. The number of hydrogen-bond acceptors (Lipinski definition) is 0. The molecular formula is C26H22BrP. The molecule has 4 rings (SSSR count). The summed E-state index contributed by atoms with van der Waals surface area (Å²) >= 11 is 0. The lowest BCUT2D eigenvalue weighted by Crippen LogP contribution is -3.00. The lowest BCUT2D eigenvalue weighted by Gasteiger charge is -2.24. The standard InChI is InChI=1S/C26H22P.BrH/c1-5-13-23(14-6-1)21-22-27(24-15-7-2-8-16-24,25-17-9-3-10-18-25)26-19-11-4-12-20-26;/h1-22H;1H/q+1;/p-1. The summed E-state index contributed by atoms with van der Waals surface area (Å²) in [5.41, 5.74) is 1.23. The molecule has 0 aromatic heterocycles. The second kappa shape index (κ2) is 9.64. The maximum absolute atomic E-state index is 2.45. The second-order valence-corrected chi connectivity index (χ2v) is 9.75. The molecule has 0 aliphatic rings. The molecule has 0 aliphatic heterocycles. The normalized spacial score (nSPS) is 11.1. The molecule has 0 saturated heterocycles. The van der Waals surface area contributed by atoms with Gasteiger partial charge in [-0.1, -0.05) is 84.9 Å². The maximum atomic E-state index is 2.45. The molecule has 0 spiro atoms. The summed E-state index contributed by atoms with van der Waals surface area (Å²) < 4.78 is 0. The molecule has 0 radical (unpaired) electrons. The van der Waals surface area contributed by atoms with Crippen LogP contribution in [0.15, 0.2) is 127 Å². The van der Waals surface area contributed by atoms with Crippen molar-refractivity contribution in [2.45, 2.75) is 0 Å². The van der Waals surface area contributed by atoms with Crippen LogP contribution in [0.4, 0.5) is 0 Å². The summed E-state index contributed by atoms with van der Waals surface area (Å²) in [5, 5.41) is 4.11. The molecule has 0 amide bonds. The molecule has 0 atom stereocenters. The summed E-state index contributed by atoms with van der Waals surface area (Å²) in [7, 11) is -1.90. The van der Waals surface area contributed by atoms with Crippen molar-refractivity contribution in [3.05, 3.63) is 133 Å². The van der Waals surface area contributed by atoms with Gasteiger partial charge in [-0.2, -0.15) is 0 Å². The molecule has 0 saturated carbocycles. The van der Waals surface area contributed by atoms with E-state index in [2.05, 4.69) is 133 Å². The monoisotopic (exact) mass is 444 g/mol. The van der Waals surface area contributed by atoms with E-state index in [1.54, 1.807) is 0 Å². The number of rotatable bonds is 5. The van der Waals surface area contributed by atoms with Gasteiger partial charge >= 0.3 is 0 Å². The summed E-state index contributed by atoms with van der Waals surface area (Å²) in [6, 6.07) is 43.3. The van der Waals surface area contributed by atoms with E-state index in [0.29, 0.717) is 0 Å². The smallest absolute Gasteiger partial charge is 0.136 e. The third kappa shape index (κ3) is 4.17. The highest BCUT2D eigenvalue weighted by molar-refractivity contribution is 7.98. The van der Waals surface area contributed by atoms with Crippen LogP contribution in [-0.4, -0.2) is 0 Å². The zero-order chi connectivity index (χ0) is 18.4. The Bertz CT molecular complexity index is 901. The first-order valence-corrected chi connectivity index (χ1v) is 11.1. The predicted octanol–water partition coefficient (Wildman–Crippen LogP) is 2.66. The van der Waals surface area contributed by atoms with Crippen molar-refractivity contribution in [3.63, 3.8) is 0 Å². The van der Waals surface area contributed by atoms with Crippen molar-refractivity contribution in [2.24, 2.45) is 0 Å². The van der Waals surface area contributed by atoms with E-state index in [1.807, 2.05) is 0 Å². The summed E-state index contributed by atoms with van der Waals surface area (Å²) in [6.07, 6.45) is 2.28. The summed E-state index contributed by atoms with van der Waals surface area (Å²) in [5.74, 6) is 2.45. The number of hydrogen-bond donors (Lipinski definition) is 0. The van der Waals surface area contributed by atoms with E-state index in [-0.39, 0.29) is 17.0 Å². The van der Waals surface area contributed by atoms with E-state index in [0.717, 1.165) is 0 Å². The summed E-state index contributed by atoms with van der Waals surface area (Å²) in [4.78, 5) is 0. The average molecular weight is 445 g/mol. The van der Waals surface area contributed by atoms with Gasteiger partial charge in [0.15, 0.2) is 0 Å². The predicted molar refractivity (Wildman–Crippen MR) is 121 cm³/mol. The van der Waals surface area contributed by atoms with E-state index < -0.39 is 7.26 Å². The minimum atomic E-state index is -1.90. The van der Waals surface area contributed by atoms with Gasteiger partial charge < -0.3 is 17.0 Å². The van der Waals surface area contributed by atoms with E-state index >= 15 is 0 Å². The Morgan fingerprint density at radius 3 is 1.11 bits per heavy atom. The molecule has 0 unspecified atom stereocenters. The maximum Gasteiger partial charge on any atom is 0.136 e. The molecule has 4 aromatic rings. The Morgan fingerprint density at radius 1 is 0.429 bits per heavy atom. The van der Waals surface area contributed by atoms with Gasteiger partial charge in [0, 0.05) is 0 Å². The molecule has 0 fully saturated rings. The second-order valence-electron chi connectivity index (χ2n) is 6.46. The van der Waals surface area contributed by atoms with Crippen molar-refractivity contribution in [1.29, 1.82) is 0 Å². The van der Waals surface area contributed by atoms with Gasteiger partial charge in [0.1, 0.15) is 23.2 Å². The molecule has 0 nitrogen and oxygen atoms in total. The first-order chi connectivity index (χ1) is 13.4. The quantitative estimate of drug-likeness (QED) is 0.415. The molecule has 0 bridgehead atoms. The van der Waals surface area contributed by atoms with Gasteiger partial charge in [-0.3, -0.25) is 0 Å². The van der Waals surface area contributed by atoms with Crippen molar-refractivity contribution in [3.8, 4) is 0 Å². The van der Waals surface area contributed by atoms with Gasteiger partial charge in [-0.05, 0) is 48.0 Å². The molecule has 28 heavy (non-hydrogen) atoms. The Balaban J connectivity index is 0.00000225. The zero-order valence-corrected chi connectivity index (χ0v) is 18.0. The van der Waals surface area contributed by atoms with Crippen LogP contribution < -0.4 is 32.9 Å². The third-order valence-corrected chi connectivity index (χ3v) is 8.71. The van der Waals surface area contributed by atoms with Gasteiger partial charge in [-0.15, -0.1) is 0 Å². The highest BCUT2D eigenvalue weighted by Gasteiger charge is 2.43. The topological polar surface area (TPSA) is 0 Å². The SMILES string of the molecule is C(=C[P+](c1ccccc1)(c1ccccc1)c1ccccc1)c1ccccc1.[Br-]. The van der Waals surface area contributed by atoms with Gasteiger partial charge in [0.25, 0.3) is 0 Å². The third-order valence-electron chi connectivity index (χ3n) is 4.78. The number of halogens is 1. The molecule has 0 N–H and O–H groups in total. The molecular weight excluding hydrogens is 423 g/mol. The number of benzene rings is 4. The van der Waals surface area contributed by atoms with Gasteiger partial charge in [0.05, 0.1) is 5.82 Å². The van der Waals surface area contributed by atoms with Crippen LogP contribution in [0.2, 0.25) is 0 Å². The van der Waals surface area contributed by atoms with Crippen LogP contribution in [0.1, 0.15) is 5.56 Å². The molecule has 2 heteroatoms. The minimum absolute atomic E-state index is 0. The highest BCUT2D eigenvalue weighted by Crippen LogP contribution is 2.57. The first-order valence-electron chi connectivity index (χ1n) is 9.19. The molecule has 0 aliphatic carbocycles. The van der Waals surface area contributed by atoms with Crippen molar-refractivity contribution < 1.29 is 17.0 Å². The highest BCUT2D eigenvalue weighted by atomic mass is 79.9.